The fraction of sp³-hybridized carbons (Fsp3) is 0.250. The Bertz CT molecular complexity index is 643. The van der Waals surface area contributed by atoms with Crippen molar-refractivity contribution in [3.05, 3.63) is 53.5 Å². The molecule has 2 rings (SSSR count). The number of aryl methyl sites for hydroxylation is 1. The Labute approximate surface area is 122 Å². The Morgan fingerprint density at radius 2 is 1.95 bits per heavy atom. The number of carbonyl (C=O) groups is 2. The van der Waals surface area contributed by atoms with Crippen LogP contribution < -0.4 is 5.32 Å². The summed E-state index contributed by atoms with van der Waals surface area (Å²) < 4.78 is 5.09. The zero-order chi connectivity index (χ0) is 15.4. The van der Waals surface area contributed by atoms with Crippen LogP contribution in [0.1, 0.15) is 40.9 Å². The van der Waals surface area contributed by atoms with Crippen molar-refractivity contribution in [2.75, 3.05) is 5.32 Å². The lowest BCUT2D eigenvalue weighted by molar-refractivity contribution is -0.137. The average molecular weight is 287 g/mol. The number of hydrogen-bond donors (Lipinski definition) is 2. The van der Waals surface area contributed by atoms with E-state index in [1.165, 1.54) is 6.26 Å². The van der Waals surface area contributed by atoms with Crippen LogP contribution >= 0.6 is 0 Å². The maximum Gasteiger partial charge on any atom is 0.303 e. The Morgan fingerprint density at radius 3 is 2.48 bits per heavy atom. The second-order valence-corrected chi connectivity index (χ2v) is 5.02. The van der Waals surface area contributed by atoms with Crippen molar-refractivity contribution in [1.82, 2.24) is 0 Å². The summed E-state index contributed by atoms with van der Waals surface area (Å²) in [5.41, 5.74) is 2.05. The molecule has 2 aromatic rings. The summed E-state index contributed by atoms with van der Waals surface area (Å²) in [5, 5.41) is 11.5. The standard InChI is InChI=1S/C16H17NO4/c1-10(7-15(18)19)12-3-5-14(6-4-12)17-16(20)13-8-11(2)21-9-13/h3-6,8-10H,7H2,1-2H3,(H,17,20)(H,18,19). The molecular formula is C16H17NO4. The van der Waals surface area contributed by atoms with Crippen molar-refractivity contribution in [1.29, 1.82) is 0 Å². The van der Waals surface area contributed by atoms with E-state index in [4.69, 9.17) is 9.52 Å². The van der Waals surface area contributed by atoms with Gasteiger partial charge in [-0.1, -0.05) is 19.1 Å². The fourth-order valence-corrected chi connectivity index (χ4v) is 2.04. The Balaban J connectivity index is 2.02. The lowest BCUT2D eigenvalue weighted by Crippen LogP contribution is -2.11. The minimum Gasteiger partial charge on any atom is -0.481 e. The molecule has 21 heavy (non-hydrogen) atoms. The monoisotopic (exact) mass is 287 g/mol. The van der Waals surface area contributed by atoms with E-state index in [0.29, 0.717) is 17.0 Å². The van der Waals surface area contributed by atoms with Crippen LogP contribution in [-0.4, -0.2) is 17.0 Å². The molecular weight excluding hydrogens is 270 g/mol. The van der Waals surface area contributed by atoms with Crippen molar-refractivity contribution in [2.24, 2.45) is 0 Å². The highest BCUT2D eigenvalue weighted by atomic mass is 16.4. The molecule has 0 aliphatic rings. The molecule has 1 atom stereocenters. The topological polar surface area (TPSA) is 79.5 Å². The number of furan rings is 1. The fourth-order valence-electron chi connectivity index (χ4n) is 2.04. The number of nitrogens with one attached hydrogen (secondary N) is 1. The van der Waals surface area contributed by atoms with E-state index in [1.807, 2.05) is 19.1 Å². The smallest absolute Gasteiger partial charge is 0.303 e. The highest BCUT2D eigenvalue weighted by molar-refractivity contribution is 6.04. The van der Waals surface area contributed by atoms with E-state index in [0.717, 1.165) is 5.56 Å². The molecule has 5 nitrogen and oxygen atoms in total. The molecule has 0 saturated heterocycles. The van der Waals surface area contributed by atoms with Crippen LogP contribution in [0.2, 0.25) is 0 Å². The number of carboxylic acids is 1. The van der Waals surface area contributed by atoms with E-state index in [-0.39, 0.29) is 18.2 Å². The Kier molecular flexibility index (Phi) is 4.42. The average Bonchev–Trinajstić information content (AvgIpc) is 2.85. The molecule has 1 aromatic carbocycles. The first-order chi connectivity index (χ1) is 9.95. The lowest BCUT2D eigenvalue weighted by atomic mass is 9.98. The van der Waals surface area contributed by atoms with Crippen molar-refractivity contribution >= 4 is 17.6 Å². The van der Waals surface area contributed by atoms with Crippen LogP contribution in [0, 0.1) is 6.92 Å². The van der Waals surface area contributed by atoms with Crippen molar-refractivity contribution in [3.8, 4) is 0 Å². The van der Waals surface area contributed by atoms with Gasteiger partial charge in [0.05, 0.1) is 12.0 Å². The summed E-state index contributed by atoms with van der Waals surface area (Å²) in [6, 6.07) is 8.84. The predicted molar refractivity (Wildman–Crippen MR) is 78.5 cm³/mol. The third kappa shape index (κ3) is 3.95. The van der Waals surface area contributed by atoms with Crippen LogP contribution in [-0.2, 0) is 4.79 Å². The number of rotatable bonds is 5. The van der Waals surface area contributed by atoms with Gasteiger partial charge in [-0.15, -0.1) is 0 Å². The Hall–Kier alpha value is -2.56. The molecule has 1 amide bonds. The van der Waals surface area contributed by atoms with E-state index in [9.17, 15) is 9.59 Å². The van der Waals surface area contributed by atoms with E-state index >= 15 is 0 Å². The first kappa shape index (κ1) is 14.8. The first-order valence-corrected chi connectivity index (χ1v) is 6.64. The van der Waals surface area contributed by atoms with Crippen LogP contribution in [0.5, 0.6) is 0 Å². The number of hydrogen-bond acceptors (Lipinski definition) is 3. The van der Waals surface area contributed by atoms with Gasteiger partial charge >= 0.3 is 5.97 Å². The van der Waals surface area contributed by atoms with Gasteiger partial charge in [-0.05, 0) is 36.6 Å². The van der Waals surface area contributed by atoms with E-state index < -0.39 is 5.97 Å². The SMILES string of the molecule is Cc1cc(C(=O)Nc2ccc(C(C)CC(=O)O)cc2)co1. The predicted octanol–water partition coefficient (Wildman–Crippen LogP) is 3.42. The number of aliphatic carboxylic acids is 1. The van der Waals surface area contributed by atoms with Gasteiger partial charge in [0.1, 0.15) is 12.0 Å². The highest BCUT2D eigenvalue weighted by Gasteiger charge is 2.11. The van der Waals surface area contributed by atoms with Gasteiger partial charge in [0.25, 0.3) is 5.91 Å². The molecule has 5 heteroatoms. The lowest BCUT2D eigenvalue weighted by Gasteiger charge is -2.10. The van der Waals surface area contributed by atoms with Crippen LogP contribution in [0.15, 0.2) is 41.0 Å². The normalized spacial score (nSPS) is 11.9. The molecule has 1 heterocycles. The van der Waals surface area contributed by atoms with E-state index in [1.54, 1.807) is 25.1 Å². The molecule has 0 aliphatic carbocycles. The maximum atomic E-state index is 11.9. The van der Waals surface area contributed by atoms with Crippen LogP contribution in [0.25, 0.3) is 0 Å². The molecule has 1 aromatic heterocycles. The van der Waals surface area contributed by atoms with Gasteiger partial charge in [0.2, 0.25) is 0 Å². The summed E-state index contributed by atoms with van der Waals surface area (Å²) in [6.45, 7) is 3.63. The van der Waals surface area contributed by atoms with Crippen molar-refractivity contribution in [3.63, 3.8) is 0 Å². The Morgan fingerprint density at radius 1 is 1.29 bits per heavy atom. The van der Waals surface area contributed by atoms with Gasteiger partial charge < -0.3 is 14.8 Å². The van der Waals surface area contributed by atoms with Crippen LogP contribution in [0.4, 0.5) is 5.69 Å². The number of carbonyl (C=O) groups excluding carboxylic acids is 1. The van der Waals surface area contributed by atoms with Gasteiger partial charge in [-0.25, -0.2) is 0 Å². The van der Waals surface area contributed by atoms with Crippen molar-refractivity contribution in [2.45, 2.75) is 26.2 Å². The maximum absolute atomic E-state index is 11.9. The molecule has 2 N–H and O–H groups in total. The largest absolute Gasteiger partial charge is 0.481 e. The molecule has 0 saturated carbocycles. The zero-order valence-corrected chi connectivity index (χ0v) is 11.9. The second kappa shape index (κ2) is 6.26. The number of carboxylic acid groups (broad SMARTS) is 1. The summed E-state index contributed by atoms with van der Waals surface area (Å²) in [6.07, 6.45) is 1.49. The van der Waals surface area contributed by atoms with Gasteiger partial charge in [0.15, 0.2) is 0 Å². The quantitative estimate of drug-likeness (QED) is 0.883. The number of amides is 1. The summed E-state index contributed by atoms with van der Waals surface area (Å²) in [5.74, 6) is -0.449. The highest BCUT2D eigenvalue weighted by Crippen LogP contribution is 2.21. The van der Waals surface area contributed by atoms with Gasteiger partial charge in [0, 0.05) is 5.69 Å². The van der Waals surface area contributed by atoms with Gasteiger partial charge in [-0.2, -0.15) is 0 Å². The second-order valence-electron chi connectivity index (χ2n) is 5.02. The minimum atomic E-state index is -0.824. The molecule has 0 aliphatic heterocycles. The van der Waals surface area contributed by atoms with Gasteiger partial charge in [-0.3, -0.25) is 9.59 Å². The molecule has 110 valence electrons. The first-order valence-electron chi connectivity index (χ1n) is 6.64. The summed E-state index contributed by atoms with van der Waals surface area (Å²) in [4.78, 5) is 22.6. The van der Waals surface area contributed by atoms with Crippen molar-refractivity contribution < 1.29 is 19.1 Å². The molecule has 1 unspecified atom stereocenters. The number of anilines is 1. The summed E-state index contributed by atoms with van der Waals surface area (Å²) >= 11 is 0. The third-order valence-electron chi connectivity index (χ3n) is 3.21. The molecule has 0 radical (unpaired) electrons. The molecule has 0 bridgehead atoms. The van der Waals surface area contributed by atoms with E-state index in [2.05, 4.69) is 5.32 Å². The zero-order valence-electron chi connectivity index (χ0n) is 11.9. The summed E-state index contributed by atoms with van der Waals surface area (Å²) in [7, 11) is 0. The molecule has 0 fully saturated rings. The third-order valence-corrected chi connectivity index (χ3v) is 3.21. The van der Waals surface area contributed by atoms with Crippen LogP contribution in [0.3, 0.4) is 0 Å². The number of benzene rings is 1. The minimum absolute atomic E-state index is 0.0659. The molecule has 0 spiro atoms.